The number of ether oxygens (including phenoxy) is 2. The van der Waals surface area contributed by atoms with E-state index >= 15 is 0 Å². The topological polar surface area (TPSA) is 55.8 Å². The molecule has 0 radical (unpaired) electrons. The summed E-state index contributed by atoms with van der Waals surface area (Å²) in [6.07, 6.45) is 1.57. The predicted octanol–water partition coefficient (Wildman–Crippen LogP) is 4.19. The summed E-state index contributed by atoms with van der Waals surface area (Å²) in [5.41, 5.74) is 4.17. The van der Waals surface area contributed by atoms with Gasteiger partial charge in [-0.15, -0.1) is 0 Å². The Labute approximate surface area is 160 Å². The molecule has 4 nitrogen and oxygen atoms in total. The minimum absolute atomic E-state index is 0.0164. The maximum atomic E-state index is 12.6. The van der Waals surface area contributed by atoms with Crippen LogP contribution in [-0.2, 0) is 11.2 Å². The molecular formula is C23H26O4. The number of carbonyl (C=O) groups is 1. The molecule has 4 heteroatoms. The van der Waals surface area contributed by atoms with Crippen molar-refractivity contribution < 1.29 is 19.4 Å². The molecule has 2 aliphatic rings. The summed E-state index contributed by atoms with van der Waals surface area (Å²) in [5, 5.41) is 10.3. The molecule has 0 fully saturated rings. The van der Waals surface area contributed by atoms with Gasteiger partial charge in [0.2, 0.25) is 0 Å². The summed E-state index contributed by atoms with van der Waals surface area (Å²) in [6, 6.07) is 12.2. The van der Waals surface area contributed by atoms with Gasteiger partial charge in [0.25, 0.3) is 0 Å². The van der Waals surface area contributed by atoms with Gasteiger partial charge in [0.05, 0.1) is 18.8 Å². The third kappa shape index (κ3) is 3.17. The lowest BCUT2D eigenvalue weighted by Crippen LogP contribution is -2.35. The maximum Gasteiger partial charge on any atom is 0.166 e. The van der Waals surface area contributed by atoms with Crippen LogP contribution in [0.1, 0.15) is 71.3 Å². The van der Waals surface area contributed by atoms with Gasteiger partial charge in [0.15, 0.2) is 5.78 Å². The second-order valence-electron chi connectivity index (χ2n) is 7.89. The van der Waals surface area contributed by atoms with Crippen LogP contribution >= 0.6 is 0 Å². The molecule has 0 aromatic heterocycles. The molecule has 0 saturated carbocycles. The van der Waals surface area contributed by atoms with Crippen molar-refractivity contribution in [2.24, 2.45) is 0 Å². The Balaban J connectivity index is 1.77. The summed E-state index contributed by atoms with van der Waals surface area (Å²) in [6.45, 7) is 4.40. The number of hydrogen-bond donors (Lipinski definition) is 1. The number of ketones is 1. The van der Waals surface area contributed by atoms with Crippen LogP contribution in [0.5, 0.6) is 5.75 Å². The first-order valence-electron chi connectivity index (χ1n) is 9.60. The van der Waals surface area contributed by atoms with E-state index in [1.807, 2.05) is 31.2 Å². The van der Waals surface area contributed by atoms with Gasteiger partial charge in [-0.05, 0) is 49.1 Å². The van der Waals surface area contributed by atoms with Crippen molar-refractivity contribution >= 4 is 5.78 Å². The van der Waals surface area contributed by atoms with Crippen LogP contribution in [0.15, 0.2) is 36.4 Å². The fraction of sp³-hybridized carbons (Fsp3) is 0.435. The highest BCUT2D eigenvalue weighted by molar-refractivity contribution is 5.99. The van der Waals surface area contributed by atoms with E-state index < -0.39 is 5.60 Å². The van der Waals surface area contributed by atoms with Crippen molar-refractivity contribution in [3.05, 3.63) is 64.2 Å². The Bertz CT molecular complexity index is 884. The molecule has 0 heterocycles. The summed E-state index contributed by atoms with van der Waals surface area (Å²) in [7, 11) is 1.69. The summed E-state index contributed by atoms with van der Waals surface area (Å²) in [5.74, 6) is 1.02. The van der Waals surface area contributed by atoms with Crippen LogP contribution < -0.4 is 4.74 Å². The molecule has 1 N–H and O–H groups in total. The number of Topliss-reactive ketones (excluding diaryl/α,β-unsaturated/α-hetero) is 1. The number of fused-ring (bicyclic) bond motifs is 2. The van der Waals surface area contributed by atoms with Crippen molar-refractivity contribution in [2.75, 3.05) is 13.7 Å². The van der Waals surface area contributed by atoms with E-state index in [1.165, 1.54) is 5.56 Å². The van der Waals surface area contributed by atoms with Gasteiger partial charge in [-0.3, -0.25) is 4.79 Å². The van der Waals surface area contributed by atoms with Crippen molar-refractivity contribution in [3.8, 4) is 5.75 Å². The molecule has 3 atom stereocenters. The number of aliphatic hydroxyl groups is 1. The Kier molecular flexibility index (Phi) is 4.57. The Morgan fingerprint density at radius 3 is 2.78 bits per heavy atom. The molecule has 3 unspecified atom stereocenters. The third-order valence-electron chi connectivity index (χ3n) is 5.78. The quantitative estimate of drug-likeness (QED) is 0.882. The van der Waals surface area contributed by atoms with Gasteiger partial charge in [-0.25, -0.2) is 0 Å². The van der Waals surface area contributed by atoms with Crippen LogP contribution in [-0.4, -0.2) is 30.2 Å². The van der Waals surface area contributed by atoms with Crippen molar-refractivity contribution in [1.29, 1.82) is 0 Å². The molecule has 2 aromatic carbocycles. The monoisotopic (exact) mass is 366 g/mol. The zero-order valence-corrected chi connectivity index (χ0v) is 16.1. The minimum Gasteiger partial charge on any atom is -0.496 e. The summed E-state index contributed by atoms with van der Waals surface area (Å²) >= 11 is 0. The average Bonchev–Trinajstić information content (AvgIpc) is 3.00. The second-order valence-corrected chi connectivity index (χ2v) is 7.89. The fourth-order valence-corrected chi connectivity index (χ4v) is 4.65. The first-order valence-corrected chi connectivity index (χ1v) is 9.60. The zero-order chi connectivity index (χ0) is 19.2. The molecule has 142 valence electrons. The number of rotatable bonds is 4. The SMILES string of the molecule is CCOC1CC(c2ccc3c(c2)C(=O)CC(C)(O)C3)c2c(OC)cccc21. The average molecular weight is 366 g/mol. The first kappa shape index (κ1) is 18.2. The third-order valence-corrected chi connectivity index (χ3v) is 5.78. The van der Waals surface area contributed by atoms with E-state index in [9.17, 15) is 9.90 Å². The van der Waals surface area contributed by atoms with E-state index in [0.29, 0.717) is 13.0 Å². The fourth-order valence-electron chi connectivity index (χ4n) is 4.65. The van der Waals surface area contributed by atoms with Crippen molar-refractivity contribution in [3.63, 3.8) is 0 Å². The van der Waals surface area contributed by atoms with Gasteiger partial charge in [0.1, 0.15) is 5.75 Å². The van der Waals surface area contributed by atoms with E-state index in [1.54, 1.807) is 14.0 Å². The standard InChI is InChI=1S/C23H26O4/c1-4-27-21-11-18(22-16(21)6-5-7-20(22)26-3)14-8-9-15-12-23(2,25)13-19(24)17(15)10-14/h5-10,18,21,25H,4,11-13H2,1-3H3. The highest BCUT2D eigenvalue weighted by Gasteiger charge is 2.37. The molecule has 0 saturated heterocycles. The number of hydrogen-bond acceptors (Lipinski definition) is 4. The van der Waals surface area contributed by atoms with Gasteiger partial charge in [-0.2, -0.15) is 0 Å². The predicted molar refractivity (Wildman–Crippen MR) is 104 cm³/mol. The summed E-state index contributed by atoms with van der Waals surface area (Å²) < 4.78 is 11.6. The number of benzene rings is 2. The highest BCUT2D eigenvalue weighted by atomic mass is 16.5. The molecule has 0 spiro atoms. The molecule has 0 amide bonds. The highest BCUT2D eigenvalue weighted by Crippen LogP contribution is 2.50. The van der Waals surface area contributed by atoms with Crippen LogP contribution in [0.3, 0.4) is 0 Å². The zero-order valence-electron chi connectivity index (χ0n) is 16.1. The number of carbonyl (C=O) groups excluding carboxylic acids is 1. The largest absolute Gasteiger partial charge is 0.496 e. The van der Waals surface area contributed by atoms with Gasteiger partial charge in [0, 0.05) is 36.5 Å². The number of methoxy groups -OCH3 is 1. The van der Waals surface area contributed by atoms with E-state index in [-0.39, 0.29) is 24.2 Å². The Morgan fingerprint density at radius 2 is 2.04 bits per heavy atom. The van der Waals surface area contributed by atoms with Crippen LogP contribution in [0.25, 0.3) is 0 Å². The molecule has 27 heavy (non-hydrogen) atoms. The molecule has 4 rings (SSSR count). The lowest BCUT2D eigenvalue weighted by molar-refractivity contribution is 0.0411. The Morgan fingerprint density at radius 1 is 1.22 bits per heavy atom. The van der Waals surface area contributed by atoms with Gasteiger partial charge < -0.3 is 14.6 Å². The molecule has 0 aliphatic heterocycles. The first-order chi connectivity index (χ1) is 12.9. The molecule has 2 aliphatic carbocycles. The van der Waals surface area contributed by atoms with Crippen molar-refractivity contribution in [2.45, 2.75) is 50.7 Å². The maximum absolute atomic E-state index is 12.6. The molecular weight excluding hydrogens is 340 g/mol. The molecule has 2 aromatic rings. The Hall–Kier alpha value is -2.17. The normalized spacial score (nSPS) is 26.6. The van der Waals surface area contributed by atoms with E-state index in [4.69, 9.17) is 9.47 Å². The van der Waals surface area contributed by atoms with Crippen molar-refractivity contribution in [1.82, 2.24) is 0 Å². The van der Waals surface area contributed by atoms with Gasteiger partial charge >= 0.3 is 0 Å². The van der Waals surface area contributed by atoms with Gasteiger partial charge in [-0.1, -0.05) is 24.3 Å². The van der Waals surface area contributed by atoms with E-state index in [2.05, 4.69) is 12.1 Å². The van der Waals surface area contributed by atoms with E-state index in [0.717, 1.165) is 34.4 Å². The van der Waals surface area contributed by atoms with Crippen LogP contribution in [0, 0.1) is 0 Å². The summed E-state index contributed by atoms with van der Waals surface area (Å²) in [4.78, 5) is 12.6. The lowest BCUT2D eigenvalue weighted by atomic mass is 9.79. The minimum atomic E-state index is -0.950. The lowest BCUT2D eigenvalue weighted by Gasteiger charge is -2.29. The smallest absolute Gasteiger partial charge is 0.166 e. The van der Waals surface area contributed by atoms with Crippen LogP contribution in [0.4, 0.5) is 0 Å². The second kappa shape index (κ2) is 6.77. The molecule has 0 bridgehead atoms. The van der Waals surface area contributed by atoms with Crippen LogP contribution in [0.2, 0.25) is 0 Å².